The summed E-state index contributed by atoms with van der Waals surface area (Å²) in [5.74, 6) is -0.240. The van der Waals surface area contributed by atoms with Crippen molar-refractivity contribution in [2.24, 2.45) is 11.5 Å². The molecule has 0 aliphatic rings. The van der Waals surface area contributed by atoms with Gasteiger partial charge in [0.2, 0.25) is 5.91 Å². The van der Waals surface area contributed by atoms with E-state index in [2.05, 4.69) is 10.6 Å². The Hall–Kier alpha value is -1.63. The molecule has 1 radical (unpaired) electrons. The Bertz CT molecular complexity index is 283. The van der Waals surface area contributed by atoms with Crippen LogP contribution in [-0.2, 0) is 9.59 Å². The Morgan fingerprint density at radius 3 is 2.47 bits per heavy atom. The Morgan fingerprint density at radius 2 is 1.84 bits per heavy atom. The van der Waals surface area contributed by atoms with E-state index in [-0.39, 0.29) is 11.9 Å². The highest BCUT2D eigenvalue weighted by molar-refractivity contribution is 5.81. The number of unbranched alkanes of at least 4 members (excludes halogenated alkanes) is 3. The third-order valence-electron chi connectivity index (χ3n) is 2.60. The normalized spacial score (nSPS) is 11.6. The minimum Gasteiger partial charge on any atom is -0.370 e. The van der Waals surface area contributed by atoms with Crippen molar-refractivity contribution in [3.8, 4) is 0 Å². The fraction of sp³-hybridized carbons (Fsp3) is 0.750. The number of rotatable bonds is 11. The zero-order valence-electron chi connectivity index (χ0n) is 11.2. The lowest BCUT2D eigenvalue weighted by Gasteiger charge is -2.12. The summed E-state index contributed by atoms with van der Waals surface area (Å²) in [4.78, 5) is 21.5. The molecule has 1 amide bonds. The fourth-order valence-electron chi connectivity index (χ4n) is 1.52. The molecule has 0 bridgehead atoms. The molecule has 7 nitrogen and oxygen atoms in total. The first-order chi connectivity index (χ1) is 9.07. The molecule has 0 saturated heterocycles. The number of hydrogen-bond acceptors (Lipinski definition) is 4. The highest BCUT2D eigenvalue weighted by Gasteiger charge is 2.11. The van der Waals surface area contributed by atoms with Gasteiger partial charge in [-0.15, -0.1) is 0 Å². The molecule has 0 aromatic carbocycles. The summed E-state index contributed by atoms with van der Waals surface area (Å²) in [6, 6.07) is -0.530. The zero-order chi connectivity index (χ0) is 14.5. The lowest BCUT2D eigenvalue weighted by molar-refractivity contribution is -0.122. The average molecular weight is 270 g/mol. The average Bonchev–Trinajstić information content (AvgIpc) is 2.38. The highest BCUT2D eigenvalue weighted by atomic mass is 16.2. The van der Waals surface area contributed by atoms with E-state index in [1.807, 2.05) is 6.29 Å². The van der Waals surface area contributed by atoms with Crippen LogP contribution in [0.2, 0.25) is 0 Å². The van der Waals surface area contributed by atoms with Crippen LogP contribution in [-0.4, -0.2) is 37.3 Å². The molecule has 0 rings (SSSR count). The van der Waals surface area contributed by atoms with Crippen LogP contribution in [0.15, 0.2) is 0 Å². The third kappa shape index (κ3) is 11.2. The van der Waals surface area contributed by atoms with Gasteiger partial charge in [-0.3, -0.25) is 15.0 Å². The molecule has 0 aliphatic heterocycles. The molecule has 7 heteroatoms. The molecule has 19 heavy (non-hydrogen) atoms. The van der Waals surface area contributed by atoms with Crippen LogP contribution >= 0.6 is 0 Å². The van der Waals surface area contributed by atoms with E-state index in [0.717, 1.165) is 19.3 Å². The maximum absolute atomic E-state index is 11.6. The minimum atomic E-state index is -0.530. The van der Waals surface area contributed by atoms with E-state index in [1.165, 1.54) is 0 Å². The van der Waals surface area contributed by atoms with Gasteiger partial charge < -0.3 is 22.1 Å². The van der Waals surface area contributed by atoms with E-state index in [1.54, 1.807) is 0 Å². The molecule has 1 atom stereocenters. The Morgan fingerprint density at radius 1 is 1.16 bits per heavy atom. The largest absolute Gasteiger partial charge is 0.370 e. The summed E-state index contributed by atoms with van der Waals surface area (Å²) in [7, 11) is 0. The number of carbonyl (C=O) groups excluding carboxylic acids is 2. The molecule has 0 aliphatic carbocycles. The smallest absolute Gasteiger partial charge is 0.236 e. The van der Waals surface area contributed by atoms with Crippen molar-refractivity contribution in [3.05, 3.63) is 0 Å². The second kappa shape index (κ2) is 11.5. The van der Waals surface area contributed by atoms with Gasteiger partial charge in [-0.1, -0.05) is 6.42 Å². The summed E-state index contributed by atoms with van der Waals surface area (Å²) in [6.07, 6.45) is 6.06. The van der Waals surface area contributed by atoms with Crippen LogP contribution in [0, 0.1) is 5.41 Å². The Kier molecular flexibility index (Phi) is 10.5. The van der Waals surface area contributed by atoms with Gasteiger partial charge in [-0.25, -0.2) is 0 Å². The van der Waals surface area contributed by atoms with Gasteiger partial charge in [-0.05, 0) is 25.7 Å². The van der Waals surface area contributed by atoms with Gasteiger partial charge >= 0.3 is 0 Å². The molecule has 0 unspecified atom stereocenters. The number of hydrogen-bond donors (Lipinski definition) is 5. The van der Waals surface area contributed by atoms with Crippen LogP contribution in [0.4, 0.5) is 0 Å². The Balaban J connectivity index is 3.48. The van der Waals surface area contributed by atoms with Crippen molar-refractivity contribution < 1.29 is 9.59 Å². The van der Waals surface area contributed by atoms with Gasteiger partial charge in [-0.2, -0.15) is 0 Å². The standard InChI is InChI=1S/C12H24N5O2/c13-10(6-5-8-17-12(14)15)11(19)16-7-3-1-2-4-9-18/h10H,1-8,13H2,(H,16,19)(H4,14,15,17)/t10-/m1/s1. The molecule has 0 aromatic heterocycles. The van der Waals surface area contributed by atoms with Crippen molar-refractivity contribution in [1.29, 1.82) is 5.41 Å². The fourth-order valence-corrected chi connectivity index (χ4v) is 1.52. The molecule has 0 heterocycles. The number of amides is 1. The first-order valence-corrected chi connectivity index (χ1v) is 6.54. The Labute approximate surface area is 114 Å². The second-order valence-corrected chi connectivity index (χ2v) is 4.34. The van der Waals surface area contributed by atoms with Gasteiger partial charge in [0, 0.05) is 19.5 Å². The number of nitrogens with one attached hydrogen (secondary N) is 3. The molecular weight excluding hydrogens is 246 g/mol. The highest BCUT2D eigenvalue weighted by Crippen LogP contribution is 1.97. The van der Waals surface area contributed by atoms with E-state index in [0.29, 0.717) is 32.4 Å². The molecule has 7 N–H and O–H groups in total. The SMILES string of the molecule is N=C(N)NCCC[C@@H](N)C(=O)NCCCCC[C]=O. The molecule has 0 saturated carbocycles. The van der Waals surface area contributed by atoms with Crippen LogP contribution < -0.4 is 22.1 Å². The molecule has 109 valence electrons. The number of carbonyl (C=O) groups is 1. The predicted molar refractivity (Wildman–Crippen MR) is 74.3 cm³/mol. The van der Waals surface area contributed by atoms with E-state index >= 15 is 0 Å². The topological polar surface area (TPSA) is 134 Å². The second-order valence-electron chi connectivity index (χ2n) is 4.34. The lowest BCUT2D eigenvalue weighted by Crippen LogP contribution is -2.41. The van der Waals surface area contributed by atoms with Crippen molar-refractivity contribution in [2.45, 2.75) is 44.6 Å². The zero-order valence-corrected chi connectivity index (χ0v) is 11.2. The maximum Gasteiger partial charge on any atom is 0.236 e. The lowest BCUT2D eigenvalue weighted by atomic mass is 10.1. The summed E-state index contributed by atoms with van der Waals surface area (Å²) in [6.45, 7) is 1.12. The van der Waals surface area contributed by atoms with Crippen molar-refractivity contribution in [1.82, 2.24) is 10.6 Å². The summed E-state index contributed by atoms with van der Waals surface area (Å²) < 4.78 is 0. The van der Waals surface area contributed by atoms with Crippen molar-refractivity contribution in [2.75, 3.05) is 13.1 Å². The van der Waals surface area contributed by atoms with Crippen molar-refractivity contribution in [3.63, 3.8) is 0 Å². The van der Waals surface area contributed by atoms with E-state index < -0.39 is 6.04 Å². The summed E-state index contributed by atoms with van der Waals surface area (Å²) in [5, 5.41) is 12.4. The molecule has 0 aromatic rings. The predicted octanol–water partition coefficient (Wildman–Crippen LogP) is -0.637. The van der Waals surface area contributed by atoms with Gasteiger partial charge in [0.15, 0.2) is 12.2 Å². The summed E-state index contributed by atoms with van der Waals surface area (Å²) >= 11 is 0. The van der Waals surface area contributed by atoms with Gasteiger partial charge in [0.25, 0.3) is 0 Å². The molecule has 0 spiro atoms. The van der Waals surface area contributed by atoms with Crippen LogP contribution in [0.5, 0.6) is 0 Å². The van der Waals surface area contributed by atoms with Crippen LogP contribution in [0.25, 0.3) is 0 Å². The van der Waals surface area contributed by atoms with Crippen LogP contribution in [0.3, 0.4) is 0 Å². The van der Waals surface area contributed by atoms with E-state index in [4.69, 9.17) is 16.9 Å². The number of guanidine groups is 1. The van der Waals surface area contributed by atoms with Gasteiger partial charge in [0.1, 0.15) is 0 Å². The maximum atomic E-state index is 11.6. The first-order valence-electron chi connectivity index (χ1n) is 6.54. The molecule has 0 fully saturated rings. The van der Waals surface area contributed by atoms with Crippen molar-refractivity contribution >= 4 is 18.2 Å². The number of nitrogens with two attached hydrogens (primary N) is 2. The summed E-state index contributed by atoms with van der Waals surface area (Å²) in [5.41, 5.74) is 10.8. The quantitative estimate of drug-likeness (QED) is 0.193. The van der Waals surface area contributed by atoms with Gasteiger partial charge in [0.05, 0.1) is 6.04 Å². The van der Waals surface area contributed by atoms with Crippen LogP contribution in [0.1, 0.15) is 38.5 Å². The first kappa shape index (κ1) is 17.4. The third-order valence-corrected chi connectivity index (χ3v) is 2.60. The minimum absolute atomic E-state index is 0.0782. The molecular formula is C12H24N5O2. The monoisotopic (exact) mass is 270 g/mol. The van der Waals surface area contributed by atoms with E-state index in [9.17, 15) is 9.59 Å².